The predicted octanol–water partition coefficient (Wildman–Crippen LogP) is 3.57. The summed E-state index contributed by atoms with van der Waals surface area (Å²) in [4.78, 5) is 30.7. The van der Waals surface area contributed by atoms with Gasteiger partial charge < -0.3 is 16.0 Å². The molecule has 26 heavy (non-hydrogen) atoms. The van der Waals surface area contributed by atoms with Crippen LogP contribution >= 0.6 is 11.3 Å². The molecule has 132 valence electrons. The number of primary amides is 1. The first-order valence-electron chi connectivity index (χ1n) is 7.93. The molecule has 0 spiro atoms. The van der Waals surface area contributed by atoms with Gasteiger partial charge in [0.05, 0.1) is 5.69 Å². The lowest BCUT2D eigenvalue weighted by atomic mass is 10.2. The molecular formula is C19H18N4O2S. The van der Waals surface area contributed by atoms with Crippen LogP contribution in [0.2, 0.25) is 0 Å². The van der Waals surface area contributed by atoms with Gasteiger partial charge in [0.25, 0.3) is 5.91 Å². The molecule has 0 atom stereocenters. The Morgan fingerprint density at radius 1 is 1.08 bits per heavy atom. The standard InChI is InChI=1S/C19H18N4O2S/c1-12-16(18(25)22-14-10-8-13(9-11-14)17(20)24)26-19(21-12)23(2)15-6-4-3-5-7-15/h3-11H,1-2H3,(H2,20,24)(H,22,25). The molecule has 0 aliphatic carbocycles. The number of carbonyl (C=O) groups is 2. The van der Waals surface area contributed by atoms with Crippen molar-refractivity contribution in [1.82, 2.24) is 4.98 Å². The quantitative estimate of drug-likeness (QED) is 0.722. The third kappa shape index (κ3) is 3.73. The van der Waals surface area contributed by atoms with Gasteiger partial charge in [0, 0.05) is 24.0 Å². The largest absolute Gasteiger partial charge is 0.366 e. The zero-order chi connectivity index (χ0) is 18.7. The van der Waals surface area contributed by atoms with Crippen molar-refractivity contribution in [3.8, 4) is 0 Å². The summed E-state index contributed by atoms with van der Waals surface area (Å²) in [5.74, 6) is -0.741. The summed E-state index contributed by atoms with van der Waals surface area (Å²) in [7, 11) is 1.91. The van der Waals surface area contributed by atoms with Crippen molar-refractivity contribution in [2.45, 2.75) is 6.92 Å². The van der Waals surface area contributed by atoms with Gasteiger partial charge in [0.15, 0.2) is 5.13 Å². The second kappa shape index (κ2) is 7.37. The Morgan fingerprint density at radius 2 is 1.73 bits per heavy atom. The number of amides is 2. The van der Waals surface area contributed by atoms with Gasteiger partial charge in [0.1, 0.15) is 4.88 Å². The van der Waals surface area contributed by atoms with Gasteiger partial charge in [-0.05, 0) is 43.3 Å². The van der Waals surface area contributed by atoms with E-state index in [9.17, 15) is 9.59 Å². The lowest BCUT2D eigenvalue weighted by Crippen LogP contribution is -2.13. The van der Waals surface area contributed by atoms with Gasteiger partial charge >= 0.3 is 0 Å². The maximum atomic E-state index is 12.6. The first-order chi connectivity index (χ1) is 12.5. The van der Waals surface area contributed by atoms with Crippen molar-refractivity contribution >= 4 is 39.7 Å². The molecule has 1 aromatic heterocycles. The van der Waals surface area contributed by atoms with Crippen LogP contribution < -0.4 is 16.0 Å². The molecule has 1 heterocycles. The molecule has 0 radical (unpaired) electrons. The SMILES string of the molecule is Cc1nc(N(C)c2ccccc2)sc1C(=O)Nc1ccc(C(N)=O)cc1. The summed E-state index contributed by atoms with van der Waals surface area (Å²) in [5.41, 5.74) is 7.86. The highest BCUT2D eigenvalue weighted by atomic mass is 32.1. The van der Waals surface area contributed by atoms with Crippen LogP contribution in [0.5, 0.6) is 0 Å². The minimum atomic E-state index is -0.505. The Balaban J connectivity index is 1.78. The molecule has 0 aliphatic heterocycles. The summed E-state index contributed by atoms with van der Waals surface area (Å²) in [6, 6.07) is 16.3. The smallest absolute Gasteiger partial charge is 0.267 e. The van der Waals surface area contributed by atoms with Crippen LogP contribution in [0.25, 0.3) is 0 Å². The van der Waals surface area contributed by atoms with Gasteiger partial charge in [0.2, 0.25) is 5.91 Å². The van der Waals surface area contributed by atoms with Crippen molar-refractivity contribution in [3.63, 3.8) is 0 Å². The van der Waals surface area contributed by atoms with Crippen LogP contribution in [-0.2, 0) is 0 Å². The predicted molar refractivity (Wildman–Crippen MR) is 104 cm³/mol. The Hall–Kier alpha value is -3.19. The number of nitrogens with zero attached hydrogens (tertiary/aromatic N) is 2. The zero-order valence-corrected chi connectivity index (χ0v) is 15.2. The molecule has 0 unspecified atom stereocenters. The van der Waals surface area contributed by atoms with Crippen LogP contribution in [0.1, 0.15) is 25.7 Å². The number of benzene rings is 2. The molecule has 3 aromatic rings. The van der Waals surface area contributed by atoms with Crippen molar-refractivity contribution in [3.05, 3.63) is 70.7 Å². The van der Waals surface area contributed by atoms with Gasteiger partial charge in [-0.2, -0.15) is 0 Å². The van der Waals surface area contributed by atoms with E-state index in [0.29, 0.717) is 21.8 Å². The second-order valence-electron chi connectivity index (χ2n) is 5.70. The first-order valence-corrected chi connectivity index (χ1v) is 8.75. The molecule has 3 N–H and O–H groups in total. The molecule has 6 nitrogen and oxygen atoms in total. The number of hydrogen-bond acceptors (Lipinski definition) is 5. The number of anilines is 3. The third-order valence-electron chi connectivity index (χ3n) is 3.85. The van der Waals surface area contributed by atoms with Gasteiger partial charge in [-0.3, -0.25) is 9.59 Å². The molecule has 2 amide bonds. The van der Waals surface area contributed by atoms with Crippen LogP contribution in [0.15, 0.2) is 54.6 Å². The minimum absolute atomic E-state index is 0.237. The van der Waals surface area contributed by atoms with E-state index in [2.05, 4.69) is 10.3 Å². The highest BCUT2D eigenvalue weighted by Gasteiger charge is 2.18. The van der Waals surface area contributed by atoms with Crippen LogP contribution in [-0.4, -0.2) is 23.8 Å². The summed E-state index contributed by atoms with van der Waals surface area (Å²) in [6.07, 6.45) is 0. The minimum Gasteiger partial charge on any atom is -0.366 e. The zero-order valence-electron chi connectivity index (χ0n) is 14.4. The van der Waals surface area contributed by atoms with E-state index >= 15 is 0 Å². The topological polar surface area (TPSA) is 88.3 Å². The summed E-state index contributed by atoms with van der Waals surface area (Å²) >= 11 is 1.33. The van der Waals surface area contributed by atoms with Crippen molar-refractivity contribution < 1.29 is 9.59 Å². The fraction of sp³-hybridized carbons (Fsp3) is 0.105. The van der Waals surface area contributed by atoms with E-state index in [1.807, 2.05) is 49.2 Å². The van der Waals surface area contributed by atoms with E-state index < -0.39 is 5.91 Å². The average Bonchev–Trinajstić information content (AvgIpc) is 3.04. The monoisotopic (exact) mass is 366 g/mol. The summed E-state index contributed by atoms with van der Waals surface area (Å²) in [5, 5.41) is 3.56. The molecule has 2 aromatic carbocycles. The maximum Gasteiger partial charge on any atom is 0.267 e. The lowest BCUT2D eigenvalue weighted by molar-refractivity contribution is 0.0998. The van der Waals surface area contributed by atoms with E-state index in [1.165, 1.54) is 11.3 Å². The number of nitrogens with one attached hydrogen (secondary N) is 1. The van der Waals surface area contributed by atoms with Crippen LogP contribution in [0.4, 0.5) is 16.5 Å². The number of aromatic nitrogens is 1. The molecule has 7 heteroatoms. The van der Waals surface area contributed by atoms with Crippen LogP contribution in [0.3, 0.4) is 0 Å². The fourth-order valence-corrected chi connectivity index (χ4v) is 3.35. The number of nitrogens with two attached hydrogens (primary N) is 1. The Labute approximate surface area is 155 Å². The molecule has 0 saturated heterocycles. The third-order valence-corrected chi connectivity index (χ3v) is 5.08. The Bertz CT molecular complexity index is 936. The molecule has 3 rings (SSSR count). The second-order valence-corrected chi connectivity index (χ2v) is 6.68. The van der Waals surface area contributed by atoms with E-state index in [4.69, 9.17) is 5.73 Å². The fourth-order valence-electron chi connectivity index (χ4n) is 2.40. The summed E-state index contributed by atoms with van der Waals surface area (Å²) in [6.45, 7) is 1.81. The maximum absolute atomic E-state index is 12.6. The number of aryl methyl sites for hydroxylation is 1. The average molecular weight is 366 g/mol. The van der Waals surface area contributed by atoms with Gasteiger partial charge in [-0.15, -0.1) is 0 Å². The Morgan fingerprint density at radius 3 is 2.35 bits per heavy atom. The van der Waals surface area contributed by atoms with Crippen molar-refractivity contribution in [2.75, 3.05) is 17.3 Å². The number of para-hydroxylation sites is 1. The molecule has 0 aliphatic rings. The number of thiazole rings is 1. The van der Waals surface area contributed by atoms with E-state index in [0.717, 1.165) is 10.8 Å². The Kier molecular flexibility index (Phi) is 4.99. The van der Waals surface area contributed by atoms with E-state index in [1.54, 1.807) is 24.3 Å². The van der Waals surface area contributed by atoms with Crippen molar-refractivity contribution in [1.29, 1.82) is 0 Å². The van der Waals surface area contributed by atoms with E-state index in [-0.39, 0.29) is 5.91 Å². The van der Waals surface area contributed by atoms with Crippen molar-refractivity contribution in [2.24, 2.45) is 5.73 Å². The first kappa shape index (κ1) is 17.6. The number of carbonyl (C=O) groups excluding carboxylic acids is 2. The highest BCUT2D eigenvalue weighted by molar-refractivity contribution is 7.17. The summed E-state index contributed by atoms with van der Waals surface area (Å²) < 4.78 is 0. The molecular weight excluding hydrogens is 348 g/mol. The molecule has 0 fully saturated rings. The molecule has 0 saturated carbocycles. The van der Waals surface area contributed by atoms with Gasteiger partial charge in [-0.25, -0.2) is 4.98 Å². The highest BCUT2D eigenvalue weighted by Crippen LogP contribution is 2.30. The molecule has 0 bridgehead atoms. The van der Waals surface area contributed by atoms with Gasteiger partial charge in [-0.1, -0.05) is 29.5 Å². The lowest BCUT2D eigenvalue weighted by Gasteiger charge is -2.15. The normalized spacial score (nSPS) is 10.4. The number of hydrogen-bond donors (Lipinski definition) is 2. The van der Waals surface area contributed by atoms with Crippen LogP contribution in [0, 0.1) is 6.92 Å². The number of rotatable bonds is 5.